The van der Waals surface area contributed by atoms with E-state index >= 15 is 0 Å². The van der Waals surface area contributed by atoms with E-state index in [1.165, 1.54) is 13.2 Å². The summed E-state index contributed by atoms with van der Waals surface area (Å²) in [4.78, 5) is 26.1. The van der Waals surface area contributed by atoms with Crippen LogP contribution in [0, 0.1) is 23.5 Å². The molecule has 0 spiro atoms. The summed E-state index contributed by atoms with van der Waals surface area (Å²) in [6.45, 7) is 6.06. The SMILES string of the molecule is COC(=O)C(C1CCN(C(=O)OC(C)(C)C)CC1)C(O)c1ccc(F)c(F)c1. The molecule has 2 unspecified atom stereocenters. The second-order valence-corrected chi connectivity index (χ2v) is 7.97. The number of rotatable bonds is 4. The number of halogens is 2. The molecule has 0 radical (unpaired) electrons. The molecule has 8 heteroatoms. The second-order valence-electron chi connectivity index (χ2n) is 7.97. The average Bonchev–Trinajstić information content (AvgIpc) is 2.63. The Balaban J connectivity index is 2.11. The highest BCUT2D eigenvalue weighted by Gasteiger charge is 2.39. The minimum absolute atomic E-state index is 0.101. The van der Waals surface area contributed by atoms with Crippen LogP contribution in [0.15, 0.2) is 18.2 Å². The highest BCUT2D eigenvalue weighted by Crippen LogP contribution is 2.36. The standard InChI is InChI=1S/C20H27F2NO5/c1-20(2,3)28-19(26)23-9-7-12(8-10-23)16(18(25)27-4)17(24)13-5-6-14(21)15(22)11-13/h5-6,11-12,16-17,24H,7-10H2,1-4H3. The molecule has 1 aromatic carbocycles. The molecular weight excluding hydrogens is 372 g/mol. The van der Waals surface area contributed by atoms with Crippen LogP contribution in [-0.2, 0) is 14.3 Å². The molecule has 1 fully saturated rings. The number of nitrogens with zero attached hydrogens (tertiary/aromatic N) is 1. The van der Waals surface area contributed by atoms with Crippen LogP contribution in [0.2, 0.25) is 0 Å². The number of aliphatic hydroxyl groups excluding tert-OH is 1. The number of carbonyl (C=O) groups excluding carboxylic acids is 2. The molecule has 1 saturated heterocycles. The Labute approximate surface area is 163 Å². The molecule has 0 aliphatic carbocycles. The summed E-state index contributed by atoms with van der Waals surface area (Å²) in [5.74, 6) is -3.99. The first kappa shape index (κ1) is 22.1. The Bertz CT molecular complexity index is 711. The maximum Gasteiger partial charge on any atom is 0.410 e. The number of ether oxygens (including phenoxy) is 2. The Morgan fingerprint density at radius 1 is 1.18 bits per heavy atom. The summed E-state index contributed by atoms with van der Waals surface area (Å²) in [6.07, 6.45) is -0.887. The van der Waals surface area contributed by atoms with Crippen LogP contribution in [0.25, 0.3) is 0 Å². The summed E-state index contributed by atoms with van der Waals surface area (Å²) in [5, 5.41) is 10.7. The van der Waals surface area contributed by atoms with Gasteiger partial charge in [0.15, 0.2) is 11.6 Å². The minimum Gasteiger partial charge on any atom is -0.469 e. The smallest absolute Gasteiger partial charge is 0.410 e. The fourth-order valence-corrected chi connectivity index (χ4v) is 3.39. The largest absolute Gasteiger partial charge is 0.469 e. The van der Waals surface area contributed by atoms with Gasteiger partial charge in [0.1, 0.15) is 5.60 Å². The zero-order valence-electron chi connectivity index (χ0n) is 16.6. The fraction of sp³-hybridized carbons (Fsp3) is 0.600. The van der Waals surface area contributed by atoms with Gasteiger partial charge in [-0.25, -0.2) is 13.6 Å². The third-order valence-corrected chi connectivity index (χ3v) is 4.80. The molecule has 1 aromatic rings. The lowest BCUT2D eigenvalue weighted by atomic mass is 9.79. The van der Waals surface area contributed by atoms with E-state index in [1.807, 2.05) is 0 Å². The van der Waals surface area contributed by atoms with Gasteiger partial charge < -0.3 is 19.5 Å². The molecule has 1 aliphatic heterocycles. The molecule has 0 aromatic heterocycles. The van der Waals surface area contributed by atoms with E-state index in [-0.39, 0.29) is 11.5 Å². The fourth-order valence-electron chi connectivity index (χ4n) is 3.39. The van der Waals surface area contributed by atoms with Crippen molar-refractivity contribution in [3.05, 3.63) is 35.4 Å². The van der Waals surface area contributed by atoms with Crippen LogP contribution in [-0.4, -0.2) is 47.9 Å². The maximum absolute atomic E-state index is 13.5. The first-order chi connectivity index (χ1) is 13.0. The number of methoxy groups -OCH3 is 1. The average molecular weight is 399 g/mol. The number of likely N-dealkylation sites (tertiary alicyclic amines) is 1. The number of amides is 1. The molecule has 1 aliphatic rings. The molecule has 156 valence electrons. The van der Waals surface area contributed by atoms with Gasteiger partial charge in [-0.3, -0.25) is 4.79 Å². The Hall–Kier alpha value is -2.22. The van der Waals surface area contributed by atoms with Crippen molar-refractivity contribution in [2.75, 3.05) is 20.2 Å². The summed E-state index contributed by atoms with van der Waals surface area (Å²) in [5.41, 5.74) is -0.505. The van der Waals surface area contributed by atoms with E-state index in [4.69, 9.17) is 9.47 Å². The van der Waals surface area contributed by atoms with Gasteiger partial charge in [0.2, 0.25) is 0 Å². The van der Waals surface area contributed by atoms with Crippen molar-refractivity contribution < 1.29 is 33.0 Å². The van der Waals surface area contributed by atoms with Gasteiger partial charge in [-0.1, -0.05) is 6.07 Å². The zero-order chi connectivity index (χ0) is 21.1. The first-order valence-electron chi connectivity index (χ1n) is 9.22. The summed E-state index contributed by atoms with van der Waals surface area (Å²) in [6, 6.07) is 3.04. The maximum atomic E-state index is 13.5. The molecular formula is C20H27F2NO5. The molecule has 2 rings (SSSR count). The zero-order valence-corrected chi connectivity index (χ0v) is 16.6. The quantitative estimate of drug-likeness (QED) is 0.785. The predicted molar refractivity (Wildman–Crippen MR) is 97.4 cm³/mol. The summed E-state index contributed by atoms with van der Waals surface area (Å²) in [7, 11) is 1.21. The second kappa shape index (κ2) is 8.86. The number of piperidine rings is 1. The molecule has 28 heavy (non-hydrogen) atoms. The van der Waals surface area contributed by atoms with E-state index in [0.29, 0.717) is 25.9 Å². The monoisotopic (exact) mass is 399 g/mol. The van der Waals surface area contributed by atoms with Gasteiger partial charge in [0.05, 0.1) is 19.1 Å². The van der Waals surface area contributed by atoms with Gasteiger partial charge in [0.25, 0.3) is 0 Å². The van der Waals surface area contributed by atoms with Crippen LogP contribution in [0.3, 0.4) is 0 Å². The number of hydrogen-bond acceptors (Lipinski definition) is 5. The summed E-state index contributed by atoms with van der Waals surface area (Å²) >= 11 is 0. The van der Waals surface area contributed by atoms with E-state index < -0.39 is 41.3 Å². The number of hydrogen-bond donors (Lipinski definition) is 1. The third-order valence-electron chi connectivity index (χ3n) is 4.80. The molecule has 1 N–H and O–H groups in total. The molecule has 1 heterocycles. The van der Waals surface area contributed by atoms with Gasteiger partial charge in [-0.2, -0.15) is 0 Å². The lowest BCUT2D eigenvalue weighted by Gasteiger charge is -2.37. The normalized spacial score (nSPS) is 17.8. The van der Waals surface area contributed by atoms with Gasteiger partial charge in [0, 0.05) is 13.1 Å². The molecule has 2 atom stereocenters. The molecule has 1 amide bonds. The molecule has 6 nitrogen and oxygen atoms in total. The first-order valence-corrected chi connectivity index (χ1v) is 9.22. The number of carbonyl (C=O) groups is 2. The summed E-state index contributed by atoms with van der Waals surface area (Å²) < 4.78 is 36.9. The van der Waals surface area contributed by atoms with Crippen molar-refractivity contribution in [3.8, 4) is 0 Å². The van der Waals surface area contributed by atoms with Crippen LogP contribution in [0.1, 0.15) is 45.3 Å². The van der Waals surface area contributed by atoms with E-state index in [0.717, 1.165) is 12.1 Å². The van der Waals surface area contributed by atoms with E-state index in [2.05, 4.69) is 0 Å². The van der Waals surface area contributed by atoms with Crippen molar-refractivity contribution >= 4 is 12.1 Å². The number of aliphatic hydroxyl groups is 1. The Morgan fingerprint density at radius 3 is 2.29 bits per heavy atom. The minimum atomic E-state index is -1.35. The van der Waals surface area contributed by atoms with Crippen LogP contribution in [0.5, 0.6) is 0 Å². The lowest BCUT2D eigenvalue weighted by molar-refractivity contribution is -0.153. The number of esters is 1. The molecule has 0 saturated carbocycles. The number of benzene rings is 1. The Kier molecular flexibility index (Phi) is 6.98. The van der Waals surface area contributed by atoms with Crippen LogP contribution >= 0.6 is 0 Å². The lowest BCUT2D eigenvalue weighted by Crippen LogP contribution is -2.44. The van der Waals surface area contributed by atoms with Crippen molar-refractivity contribution in [3.63, 3.8) is 0 Å². The van der Waals surface area contributed by atoms with E-state index in [9.17, 15) is 23.5 Å². The molecule has 0 bridgehead atoms. The van der Waals surface area contributed by atoms with Gasteiger partial charge in [-0.05, 0) is 57.2 Å². The van der Waals surface area contributed by atoms with Gasteiger partial charge in [-0.15, -0.1) is 0 Å². The van der Waals surface area contributed by atoms with Crippen molar-refractivity contribution in [2.45, 2.75) is 45.3 Å². The van der Waals surface area contributed by atoms with Crippen molar-refractivity contribution in [1.82, 2.24) is 4.90 Å². The topological polar surface area (TPSA) is 76.1 Å². The van der Waals surface area contributed by atoms with Gasteiger partial charge >= 0.3 is 12.1 Å². The van der Waals surface area contributed by atoms with E-state index in [1.54, 1.807) is 25.7 Å². The van der Waals surface area contributed by atoms with Crippen LogP contribution in [0.4, 0.5) is 13.6 Å². The van der Waals surface area contributed by atoms with Crippen molar-refractivity contribution in [2.24, 2.45) is 11.8 Å². The Morgan fingerprint density at radius 2 is 1.79 bits per heavy atom. The van der Waals surface area contributed by atoms with Crippen LogP contribution < -0.4 is 0 Å². The van der Waals surface area contributed by atoms with Crippen molar-refractivity contribution in [1.29, 1.82) is 0 Å². The highest BCUT2D eigenvalue weighted by molar-refractivity contribution is 5.74. The predicted octanol–water partition coefficient (Wildman–Crippen LogP) is 3.43. The third kappa shape index (κ3) is 5.41. The highest BCUT2D eigenvalue weighted by atomic mass is 19.2.